The van der Waals surface area contributed by atoms with Gasteiger partial charge in [-0.15, -0.1) is 0 Å². The third kappa shape index (κ3) is 4.63. The van der Waals surface area contributed by atoms with Crippen LogP contribution in [-0.4, -0.2) is 51.0 Å². The Morgan fingerprint density at radius 3 is 2.79 bits per heavy atom. The molecule has 7 nitrogen and oxygen atoms in total. The summed E-state index contributed by atoms with van der Waals surface area (Å²) in [7, 11) is 0. The number of H-pyrrole nitrogens is 1. The molecule has 1 atom stereocenters. The summed E-state index contributed by atoms with van der Waals surface area (Å²) in [6.07, 6.45) is 1.39. The third-order valence-electron chi connectivity index (χ3n) is 6.09. The van der Waals surface area contributed by atoms with Crippen LogP contribution < -0.4 is 4.74 Å². The highest BCUT2D eigenvalue weighted by Crippen LogP contribution is 2.45. The first-order chi connectivity index (χ1) is 16.3. The number of carbonyl (C=O) groups is 1. The number of rotatable bonds is 9. The van der Waals surface area contributed by atoms with Gasteiger partial charge >= 0.3 is 0 Å². The summed E-state index contributed by atoms with van der Waals surface area (Å²) in [4.78, 5) is 15.0. The summed E-state index contributed by atoms with van der Waals surface area (Å²) in [5, 5.41) is 27.9. The van der Waals surface area contributed by atoms with E-state index in [-0.39, 0.29) is 18.3 Å². The fourth-order valence-electron chi connectivity index (χ4n) is 4.26. The molecule has 0 bridgehead atoms. The molecule has 1 amide bonds. The van der Waals surface area contributed by atoms with E-state index in [4.69, 9.17) is 16.3 Å². The molecule has 0 saturated heterocycles. The number of ether oxygens (including phenoxy) is 1. The average Bonchev–Trinajstić information content (AvgIpc) is 3.33. The van der Waals surface area contributed by atoms with Crippen molar-refractivity contribution in [2.45, 2.75) is 39.7 Å². The van der Waals surface area contributed by atoms with Gasteiger partial charge in [0.1, 0.15) is 22.9 Å². The number of carbonyl (C=O) groups excluding carboxylic acids is 1. The Balaban J connectivity index is 1.79. The van der Waals surface area contributed by atoms with Crippen LogP contribution in [0.2, 0.25) is 5.02 Å². The second kappa shape index (κ2) is 10.1. The second-order valence-corrected chi connectivity index (χ2v) is 9.47. The molecule has 34 heavy (non-hydrogen) atoms. The van der Waals surface area contributed by atoms with Crippen molar-refractivity contribution < 1.29 is 19.7 Å². The first kappa shape index (κ1) is 24.1. The number of aromatic amines is 1. The lowest BCUT2D eigenvalue weighted by molar-refractivity contribution is 0.0732. The Morgan fingerprint density at radius 2 is 2.06 bits per heavy atom. The van der Waals surface area contributed by atoms with E-state index >= 15 is 0 Å². The molecule has 0 spiro atoms. The number of aliphatic hydroxyl groups excluding tert-OH is 1. The zero-order valence-corrected chi connectivity index (χ0v) is 20.4. The van der Waals surface area contributed by atoms with Gasteiger partial charge in [0.15, 0.2) is 0 Å². The molecule has 1 aliphatic heterocycles. The average molecular weight is 484 g/mol. The van der Waals surface area contributed by atoms with Crippen molar-refractivity contribution in [2.24, 2.45) is 5.92 Å². The number of nitrogens with one attached hydrogen (secondary N) is 1. The van der Waals surface area contributed by atoms with Gasteiger partial charge in [0.25, 0.3) is 5.91 Å². The molecule has 0 unspecified atom stereocenters. The molecule has 3 N–H and O–H groups in total. The van der Waals surface area contributed by atoms with Crippen LogP contribution in [0.3, 0.4) is 0 Å². The number of fused-ring (bicyclic) bond motifs is 1. The molecule has 2 aromatic carbocycles. The highest BCUT2D eigenvalue weighted by molar-refractivity contribution is 6.31. The highest BCUT2D eigenvalue weighted by Gasteiger charge is 2.42. The fraction of sp³-hybridized carbons (Fsp3) is 0.385. The molecule has 0 fully saturated rings. The molecule has 3 aromatic rings. The van der Waals surface area contributed by atoms with Crippen molar-refractivity contribution in [1.82, 2.24) is 15.1 Å². The topological polar surface area (TPSA) is 98.7 Å². The van der Waals surface area contributed by atoms with E-state index in [1.54, 1.807) is 17.0 Å². The van der Waals surface area contributed by atoms with Gasteiger partial charge < -0.3 is 19.8 Å². The molecule has 1 aliphatic rings. The number of hydrogen-bond acceptors (Lipinski definition) is 5. The molecule has 2 heterocycles. The molecule has 8 heteroatoms. The van der Waals surface area contributed by atoms with Crippen molar-refractivity contribution >= 4 is 17.5 Å². The van der Waals surface area contributed by atoms with Crippen LogP contribution in [0.4, 0.5) is 0 Å². The van der Waals surface area contributed by atoms with Gasteiger partial charge in [0.2, 0.25) is 0 Å². The zero-order chi connectivity index (χ0) is 24.4. The number of aliphatic hydroxyl groups is 1. The van der Waals surface area contributed by atoms with Crippen molar-refractivity contribution in [3.63, 3.8) is 0 Å². The predicted molar refractivity (Wildman–Crippen MR) is 131 cm³/mol. The number of phenolic OH excluding ortho intramolecular Hbond substituents is 1. The van der Waals surface area contributed by atoms with Crippen molar-refractivity contribution in [2.75, 3.05) is 19.8 Å². The van der Waals surface area contributed by atoms with Gasteiger partial charge in [0, 0.05) is 29.3 Å². The number of halogens is 1. The Morgan fingerprint density at radius 1 is 1.26 bits per heavy atom. The number of aromatic nitrogens is 2. The maximum absolute atomic E-state index is 13.3. The van der Waals surface area contributed by atoms with E-state index in [1.165, 1.54) is 0 Å². The molecular weight excluding hydrogens is 454 g/mol. The Kier molecular flexibility index (Phi) is 7.14. The number of amides is 1. The van der Waals surface area contributed by atoms with Gasteiger partial charge in [-0.3, -0.25) is 9.89 Å². The summed E-state index contributed by atoms with van der Waals surface area (Å²) in [5.41, 5.74) is 3.60. The summed E-state index contributed by atoms with van der Waals surface area (Å²) in [5.74, 6) is 1.11. The van der Waals surface area contributed by atoms with Gasteiger partial charge in [-0.1, -0.05) is 37.6 Å². The summed E-state index contributed by atoms with van der Waals surface area (Å²) in [6, 6.07) is 10.5. The Labute approximate surface area is 204 Å². The van der Waals surface area contributed by atoms with Gasteiger partial charge in [0.05, 0.1) is 12.6 Å². The van der Waals surface area contributed by atoms with Gasteiger partial charge in [-0.25, -0.2) is 0 Å². The normalized spacial score (nSPS) is 15.3. The lowest BCUT2D eigenvalue weighted by Gasteiger charge is -2.26. The van der Waals surface area contributed by atoms with Gasteiger partial charge in [-0.2, -0.15) is 5.10 Å². The highest BCUT2D eigenvalue weighted by atomic mass is 35.5. The number of aromatic hydroxyl groups is 1. The van der Waals surface area contributed by atoms with E-state index in [0.717, 1.165) is 23.3 Å². The standard InChI is InChI=1S/C26H30ClN3O4/c1-15(2)8-11-34-18-7-4-6-17(13-18)25-22-23(19-14-20(27)16(3)12-21(19)32)28-29-24(22)26(33)30(25)9-5-10-31/h4,6-7,12-15,25,31-32H,5,8-11H2,1-3H3,(H,28,29)/t25-/m1/s1. The molecule has 1 aromatic heterocycles. The van der Waals surface area contributed by atoms with Crippen molar-refractivity contribution in [3.05, 3.63) is 63.8 Å². The van der Waals surface area contributed by atoms with Gasteiger partial charge in [-0.05, 0) is 61.1 Å². The largest absolute Gasteiger partial charge is 0.507 e. The van der Waals surface area contributed by atoms with Crippen LogP contribution in [0.25, 0.3) is 11.3 Å². The first-order valence-corrected chi connectivity index (χ1v) is 11.9. The van der Waals surface area contributed by atoms with E-state index in [0.29, 0.717) is 53.0 Å². The van der Waals surface area contributed by atoms with E-state index in [9.17, 15) is 15.0 Å². The SMILES string of the molecule is Cc1cc(O)c(-c2n[nH]c3c2[C@@H](c2cccc(OCCC(C)C)c2)N(CCCO)C3=O)cc1Cl. The number of aryl methyl sites for hydroxylation is 1. The van der Waals surface area contributed by atoms with Crippen LogP contribution in [0.5, 0.6) is 11.5 Å². The molecule has 4 rings (SSSR count). The van der Waals surface area contributed by atoms with E-state index in [2.05, 4.69) is 24.0 Å². The van der Waals surface area contributed by atoms with Crippen LogP contribution in [0.1, 0.15) is 59.9 Å². The number of nitrogens with zero attached hydrogens (tertiary/aromatic N) is 2. The van der Waals surface area contributed by atoms with Crippen LogP contribution >= 0.6 is 11.6 Å². The van der Waals surface area contributed by atoms with Crippen LogP contribution in [-0.2, 0) is 0 Å². The van der Waals surface area contributed by atoms with Crippen LogP contribution in [0.15, 0.2) is 36.4 Å². The summed E-state index contributed by atoms with van der Waals surface area (Å²) < 4.78 is 5.97. The first-order valence-electron chi connectivity index (χ1n) is 11.5. The van der Waals surface area contributed by atoms with Crippen molar-refractivity contribution in [1.29, 1.82) is 0 Å². The Hall–Kier alpha value is -3.03. The molecule has 0 radical (unpaired) electrons. The molecular formula is C26H30ClN3O4. The second-order valence-electron chi connectivity index (χ2n) is 9.06. The van der Waals surface area contributed by atoms with Crippen LogP contribution in [0, 0.1) is 12.8 Å². The monoisotopic (exact) mass is 483 g/mol. The minimum absolute atomic E-state index is 0.0255. The smallest absolute Gasteiger partial charge is 0.273 e. The number of hydrogen-bond donors (Lipinski definition) is 3. The lowest BCUT2D eigenvalue weighted by atomic mass is 9.95. The van der Waals surface area contributed by atoms with E-state index in [1.807, 2.05) is 31.2 Å². The summed E-state index contributed by atoms with van der Waals surface area (Å²) >= 11 is 6.35. The minimum atomic E-state index is -0.448. The quantitative estimate of drug-likeness (QED) is 0.393. The number of phenols is 1. The fourth-order valence-corrected chi connectivity index (χ4v) is 4.43. The Bertz CT molecular complexity index is 1190. The summed E-state index contributed by atoms with van der Waals surface area (Å²) in [6.45, 7) is 7.07. The lowest BCUT2D eigenvalue weighted by Crippen LogP contribution is -2.31. The zero-order valence-electron chi connectivity index (χ0n) is 19.6. The third-order valence-corrected chi connectivity index (χ3v) is 6.50. The number of benzene rings is 2. The minimum Gasteiger partial charge on any atom is -0.507 e. The molecule has 0 saturated carbocycles. The molecule has 0 aliphatic carbocycles. The maximum atomic E-state index is 13.3. The van der Waals surface area contributed by atoms with Crippen molar-refractivity contribution in [3.8, 4) is 22.8 Å². The predicted octanol–water partition coefficient (Wildman–Crippen LogP) is 5.10. The van der Waals surface area contributed by atoms with E-state index < -0.39 is 6.04 Å². The maximum Gasteiger partial charge on any atom is 0.273 e. The molecule has 180 valence electrons.